The quantitative estimate of drug-likeness (QED) is 0.812. The molecule has 2 heterocycles. The van der Waals surface area contributed by atoms with Gasteiger partial charge in [0, 0.05) is 29.7 Å². The molecule has 0 radical (unpaired) electrons. The van der Waals surface area contributed by atoms with E-state index in [9.17, 15) is 9.18 Å². The van der Waals surface area contributed by atoms with Crippen molar-refractivity contribution in [2.24, 2.45) is 0 Å². The van der Waals surface area contributed by atoms with Crippen molar-refractivity contribution in [1.29, 1.82) is 0 Å². The highest BCUT2D eigenvalue weighted by molar-refractivity contribution is 5.84. The molecule has 2 aliphatic heterocycles. The maximum atomic E-state index is 13.8. The molecule has 0 aliphatic carbocycles. The molecule has 96 valence electrons. The lowest BCUT2D eigenvalue weighted by molar-refractivity contribution is -0.143. The van der Waals surface area contributed by atoms with E-state index in [1.165, 1.54) is 6.07 Å². The van der Waals surface area contributed by atoms with Gasteiger partial charge in [0.1, 0.15) is 17.6 Å². The van der Waals surface area contributed by atoms with Gasteiger partial charge in [-0.15, -0.1) is 0 Å². The molecule has 3 rings (SSSR count). The SMILES string of the molecule is CCOC(=O)C1Cc2c(cc(F)c3c2OCC3)N1. The average molecular weight is 251 g/mol. The third-order valence-electron chi connectivity index (χ3n) is 3.34. The fourth-order valence-electron chi connectivity index (χ4n) is 2.54. The van der Waals surface area contributed by atoms with Crippen LogP contribution in [0.4, 0.5) is 10.1 Å². The summed E-state index contributed by atoms with van der Waals surface area (Å²) in [4.78, 5) is 11.7. The van der Waals surface area contributed by atoms with Crippen LogP contribution in [0, 0.1) is 5.82 Å². The minimum Gasteiger partial charge on any atom is -0.492 e. The molecule has 18 heavy (non-hydrogen) atoms. The smallest absolute Gasteiger partial charge is 0.328 e. The summed E-state index contributed by atoms with van der Waals surface area (Å²) in [5.41, 5.74) is 2.16. The van der Waals surface area contributed by atoms with Crippen LogP contribution in [0.5, 0.6) is 5.75 Å². The molecule has 0 spiro atoms. The average Bonchev–Trinajstić information content (AvgIpc) is 2.93. The maximum absolute atomic E-state index is 13.8. The number of nitrogens with one attached hydrogen (secondary N) is 1. The Morgan fingerprint density at radius 3 is 3.22 bits per heavy atom. The zero-order valence-electron chi connectivity index (χ0n) is 10.1. The van der Waals surface area contributed by atoms with Crippen molar-refractivity contribution < 1.29 is 18.7 Å². The molecule has 0 aromatic heterocycles. The van der Waals surface area contributed by atoms with E-state index in [4.69, 9.17) is 9.47 Å². The van der Waals surface area contributed by atoms with E-state index < -0.39 is 6.04 Å². The van der Waals surface area contributed by atoms with Crippen LogP contribution >= 0.6 is 0 Å². The molecule has 1 atom stereocenters. The second-order valence-electron chi connectivity index (χ2n) is 4.44. The Balaban J connectivity index is 1.92. The molecule has 0 bridgehead atoms. The molecule has 1 aromatic rings. The molecule has 5 heteroatoms. The molecule has 1 aromatic carbocycles. The van der Waals surface area contributed by atoms with Gasteiger partial charge in [0.25, 0.3) is 0 Å². The highest BCUT2D eigenvalue weighted by Gasteiger charge is 2.34. The molecule has 0 saturated heterocycles. The Labute approximate surface area is 104 Å². The lowest BCUT2D eigenvalue weighted by atomic mass is 10.0. The van der Waals surface area contributed by atoms with Crippen LogP contribution in [0.1, 0.15) is 18.1 Å². The molecule has 0 saturated carbocycles. The van der Waals surface area contributed by atoms with Crippen molar-refractivity contribution >= 4 is 11.7 Å². The number of ether oxygens (including phenoxy) is 2. The van der Waals surface area contributed by atoms with Gasteiger partial charge in [0.2, 0.25) is 0 Å². The molecular weight excluding hydrogens is 237 g/mol. The van der Waals surface area contributed by atoms with Crippen molar-refractivity contribution in [3.8, 4) is 5.75 Å². The summed E-state index contributed by atoms with van der Waals surface area (Å²) >= 11 is 0. The van der Waals surface area contributed by atoms with E-state index in [1.54, 1.807) is 6.92 Å². The monoisotopic (exact) mass is 251 g/mol. The number of esters is 1. The fourth-order valence-corrected chi connectivity index (χ4v) is 2.54. The van der Waals surface area contributed by atoms with Crippen molar-refractivity contribution in [1.82, 2.24) is 0 Å². The van der Waals surface area contributed by atoms with Gasteiger partial charge in [0.15, 0.2) is 0 Å². The molecular formula is C13H14FNO3. The van der Waals surface area contributed by atoms with E-state index in [-0.39, 0.29) is 11.8 Å². The normalized spacial score (nSPS) is 19.8. The number of hydrogen-bond acceptors (Lipinski definition) is 4. The second kappa shape index (κ2) is 4.15. The first-order chi connectivity index (χ1) is 8.70. The zero-order chi connectivity index (χ0) is 12.7. The lowest BCUT2D eigenvalue weighted by Gasteiger charge is -2.09. The Bertz CT molecular complexity index is 515. The van der Waals surface area contributed by atoms with Gasteiger partial charge in [-0.2, -0.15) is 0 Å². The van der Waals surface area contributed by atoms with Crippen LogP contribution in [0.15, 0.2) is 6.07 Å². The van der Waals surface area contributed by atoms with Gasteiger partial charge >= 0.3 is 5.97 Å². The highest BCUT2D eigenvalue weighted by Crippen LogP contribution is 2.41. The van der Waals surface area contributed by atoms with Gasteiger partial charge in [-0.3, -0.25) is 0 Å². The number of hydrogen-bond donors (Lipinski definition) is 1. The van der Waals surface area contributed by atoms with Crippen molar-refractivity contribution in [2.45, 2.75) is 25.8 Å². The Morgan fingerprint density at radius 2 is 2.44 bits per heavy atom. The Morgan fingerprint density at radius 1 is 1.61 bits per heavy atom. The molecule has 1 unspecified atom stereocenters. The molecule has 1 N–H and O–H groups in total. The summed E-state index contributed by atoms with van der Waals surface area (Å²) in [6.45, 7) is 2.61. The van der Waals surface area contributed by atoms with Crippen LogP contribution in [-0.4, -0.2) is 25.2 Å². The minimum absolute atomic E-state index is 0.266. The van der Waals surface area contributed by atoms with Crippen molar-refractivity contribution in [3.63, 3.8) is 0 Å². The lowest BCUT2D eigenvalue weighted by Crippen LogP contribution is -2.29. The minimum atomic E-state index is -0.435. The summed E-state index contributed by atoms with van der Waals surface area (Å²) in [6, 6.07) is 1.01. The third kappa shape index (κ3) is 1.62. The molecule has 0 fully saturated rings. The van der Waals surface area contributed by atoms with E-state index in [0.29, 0.717) is 43.1 Å². The Hall–Kier alpha value is -1.78. The largest absolute Gasteiger partial charge is 0.492 e. The highest BCUT2D eigenvalue weighted by atomic mass is 19.1. The van der Waals surface area contributed by atoms with Gasteiger partial charge < -0.3 is 14.8 Å². The number of benzene rings is 1. The number of anilines is 1. The first kappa shape index (κ1) is 11.3. The number of carbonyl (C=O) groups excluding carboxylic acids is 1. The number of rotatable bonds is 2. The summed E-state index contributed by atoms with van der Waals surface area (Å²) in [5, 5.41) is 3.00. The second-order valence-corrected chi connectivity index (χ2v) is 4.44. The van der Waals surface area contributed by atoms with E-state index >= 15 is 0 Å². The summed E-state index contributed by atoms with van der Waals surface area (Å²) in [6.07, 6.45) is 1.09. The predicted molar refractivity (Wildman–Crippen MR) is 63.3 cm³/mol. The van der Waals surface area contributed by atoms with Crippen LogP contribution in [-0.2, 0) is 22.4 Å². The Kier molecular flexibility index (Phi) is 2.61. The number of carbonyl (C=O) groups is 1. The first-order valence-electron chi connectivity index (χ1n) is 6.11. The summed E-state index contributed by atoms with van der Waals surface area (Å²) in [5.74, 6) is 0.0448. The predicted octanol–water partition coefficient (Wildman–Crippen LogP) is 1.66. The maximum Gasteiger partial charge on any atom is 0.328 e. The third-order valence-corrected chi connectivity index (χ3v) is 3.34. The van der Waals surface area contributed by atoms with Crippen LogP contribution in [0.25, 0.3) is 0 Å². The summed E-state index contributed by atoms with van der Waals surface area (Å²) < 4.78 is 24.2. The first-order valence-corrected chi connectivity index (χ1v) is 6.11. The van der Waals surface area contributed by atoms with Crippen molar-refractivity contribution in [2.75, 3.05) is 18.5 Å². The fraction of sp³-hybridized carbons (Fsp3) is 0.462. The van der Waals surface area contributed by atoms with Crippen LogP contribution < -0.4 is 10.1 Å². The number of halogens is 1. The number of fused-ring (bicyclic) bond motifs is 3. The van der Waals surface area contributed by atoms with Crippen LogP contribution in [0.3, 0.4) is 0 Å². The van der Waals surface area contributed by atoms with Crippen molar-refractivity contribution in [3.05, 3.63) is 23.0 Å². The molecule has 4 nitrogen and oxygen atoms in total. The van der Waals surface area contributed by atoms with Gasteiger partial charge in [0.05, 0.1) is 13.2 Å². The molecule has 2 aliphatic rings. The van der Waals surface area contributed by atoms with E-state index in [0.717, 1.165) is 5.56 Å². The van der Waals surface area contributed by atoms with Gasteiger partial charge in [-0.25, -0.2) is 9.18 Å². The van der Waals surface area contributed by atoms with E-state index in [1.807, 2.05) is 0 Å². The standard InChI is InChI=1S/C13H14FNO3/c1-2-17-13(16)11-5-8-10(15-11)6-9(14)7-3-4-18-12(7)8/h6,11,15H,2-5H2,1H3. The van der Waals surface area contributed by atoms with Gasteiger partial charge in [-0.1, -0.05) is 0 Å². The summed E-state index contributed by atoms with van der Waals surface area (Å²) in [7, 11) is 0. The van der Waals surface area contributed by atoms with Gasteiger partial charge in [-0.05, 0) is 13.0 Å². The molecule has 0 amide bonds. The topological polar surface area (TPSA) is 47.6 Å². The van der Waals surface area contributed by atoms with Crippen LogP contribution in [0.2, 0.25) is 0 Å². The zero-order valence-corrected chi connectivity index (χ0v) is 10.1. The van der Waals surface area contributed by atoms with E-state index in [2.05, 4.69) is 5.32 Å².